The second-order valence-corrected chi connectivity index (χ2v) is 11.6. The van der Waals surface area contributed by atoms with Crippen LogP contribution in [0.5, 0.6) is 0 Å². The van der Waals surface area contributed by atoms with Gasteiger partial charge in [-0.05, 0) is 83.9 Å². The molecule has 45 heavy (non-hydrogen) atoms. The van der Waals surface area contributed by atoms with Gasteiger partial charge in [-0.1, -0.05) is 72.8 Å². The molecule has 210 valence electrons. The largest absolute Gasteiger partial charge is 0.455 e. The highest BCUT2D eigenvalue weighted by Gasteiger charge is 2.21. The maximum Gasteiger partial charge on any atom is 0.145 e. The normalized spacial score (nSPS) is 12.0. The molecule has 0 N–H and O–H groups in total. The van der Waals surface area contributed by atoms with Gasteiger partial charge in [0, 0.05) is 44.5 Å². The lowest BCUT2D eigenvalue weighted by Crippen LogP contribution is -1.96. The standard InChI is InChI=1S/C41H25N3O/c1-3-10-26(11-4-1)27-17-22-38-34(24-27)31-19-21-37-39(40(31)45-38)32-15-9-23-42-41(32)44(37)29-18-20-36-33(25-29)30-14-7-8-16-35(30)43(36)28-12-5-2-6-13-28/h1-25H. The van der Waals surface area contributed by atoms with Gasteiger partial charge in [0.1, 0.15) is 16.8 Å². The van der Waals surface area contributed by atoms with Crippen molar-refractivity contribution in [1.82, 2.24) is 14.1 Å². The summed E-state index contributed by atoms with van der Waals surface area (Å²) in [6.07, 6.45) is 1.87. The van der Waals surface area contributed by atoms with Crippen molar-refractivity contribution < 1.29 is 4.42 Å². The highest BCUT2D eigenvalue weighted by Crippen LogP contribution is 2.42. The van der Waals surface area contributed by atoms with E-state index >= 15 is 0 Å². The fourth-order valence-electron chi connectivity index (χ4n) is 7.19. The fraction of sp³-hybridized carbons (Fsp3) is 0. The molecular formula is C41H25N3O. The van der Waals surface area contributed by atoms with E-state index in [9.17, 15) is 0 Å². The number of fused-ring (bicyclic) bond motifs is 10. The van der Waals surface area contributed by atoms with Crippen LogP contribution in [0.4, 0.5) is 0 Å². The van der Waals surface area contributed by atoms with Crippen molar-refractivity contribution in [2.45, 2.75) is 0 Å². The Morgan fingerprint density at radius 2 is 1.20 bits per heavy atom. The number of nitrogens with zero attached hydrogens (tertiary/aromatic N) is 3. The van der Waals surface area contributed by atoms with Crippen LogP contribution in [0.3, 0.4) is 0 Å². The second kappa shape index (κ2) is 9.18. The molecule has 0 atom stereocenters. The Hall–Kier alpha value is -6.13. The van der Waals surface area contributed by atoms with Gasteiger partial charge in [-0.3, -0.25) is 4.57 Å². The Bertz CT molecular complexity index is 2750. The molecule has 0 saturated heterocycles. The van der Waals surface area contributed by atoms with Crippen molar-refractivity contribution in [3.8, 4) is 22.5 Å². The first-order valence-corrected chi connectivity index (χ1v) is 15.2. The molecule has 0 unspecified atom stereocenters. The number of hydrogen-bond acceptors (Lipinski definition) is 2. The first kappa shape index (κ1) is 24.3. The molecule has 0 saturated carbocycles. The highest BCUT2D eigenvalue weighted by atomic mass is 16.3. The smallest absolute Gasteiger partial charge is 0.145 e. The van der Waals surface area contributed by atoms with Crippen LogP contribution in [-0.4, -0.2) is 14.1 Å². The van der Waals surface area contributed by atoms with Crippen LogP contribution in [0.2, 0.25) is 0 Å². The molecule has 0 spiro atoms. The number of rotatable bonds is 3. The van der Waals surface area contributed by atoms with Crippen LogP contribution >= 0.6 is 0 Å². The van der Waals surface area contributed by atoms with Gasteiger partial charge in [-0.15, -0.1) is 0 Å². The van der Waals surface area contributed by atoms with Crippen molar-refractivity contribution in [3.63, 3.8) is 0 Å². The molecule has 6 aromatic carbocycles. The summed E-state index contributed by atoms with van der Waals surface area (Å²) in [6, 6.07) is 51.6. The molecule has 0 aliphatic rings. The maximum absolute atomic E-state index is 6.65. The molecule has 4 heteroatoms. The quantitative estimate of drug-likeness (QED) is 0.210. The molecular weight excluding hydrogens is 550 g/mol. The van der Waals surface area contributed by atoms with Crippen molar-refractivity contribution in [2.75, 3.05) is 0 Å². The summed E-state index contributed by atoms with van der Waals surface area (Å²) in [7, 11) is 0. The minimum Gasteiger partial charge on any atom is -0.455 e. The van der Waals surface area contributed by atoms with E-state index in [1.165, 1.54) is 32.9 Å². The summed E-state index contributed by atoms with van der Waals surface area (Å²) in [5, 5.41) is 6.82. The minimum atomic E-state index is 0.886. The number of pyridine rings is 1. The third-order valence-electron chi connectivity index (χ3n) is 9.16. The highest BCUT2D eigenvalue weighted by molar-refractivity contribution is 6.23. The van der Waals surface area contributed by atoms with E-state index in [1.54, 1.807) is 0 Å². The number of aromatic nitrogens is 3. The Morgan fingerprint density at radius 1 is 0.444 bits per heavy atom. The first-order valence-electron chi connectivity index (χ1n) is 15.2. The lowest BCUT2D eigenvalue weighted by atomic mass is 10.0. The lowest BCUT2D eigenvalue weighted by Gasteiger charge is -2.10. The number of benzene rings is 6. The van der Waals surface area contributed by atoms with Gasteiger partial charge in [0.2, 0.25) is 0 Å². The molecule has 4 nitrogen and oxygen atoms in total. The lowest BCUT2D eigenvalue weighted by molar-refractivity contribution is 0.673. The first-order chi connectivity index (χ1) is 22.3. The Balaban J connectivity index is 1.25. The van der Waals surface area contributed by atoms with Gasteiger partial charge in [-0.25, -0.2) is 4.98 Å². The summed E-state index contributed by atoms with van der Waals surface area (Å²) < 4.78 is 11.3. The number of para-hydroxylation sites is 2. The zero-order valence-corrected chi connectivity index (χ0v) is 24.2. The van der Waals surface area contributed by atoms with Gasteiger partial charge < -0.3 is 8.98 Å². The molecule has 0 aliphatic heterocycles. The number of furan rings is 1. The van der Waals surface area contributed by atoms with Crippen LogP contribution < -0.4 is 0 Å². The molecule has 0 aliphatic carbocycles. The van der Waals surface area contributed by atoms with Gasteiger partial charge >= 0.3 is 0 Å². The van der Waals surface area contributed by atoms with E-state index in [-0.39, 0.29) is 0 Å². The van der Waals surface area contributed by atoms with E-state index < -0.39 is 0 Å². The molecule has 10 rings (SSSR count). The van der Waals surface area contributed by atoms with E-state index in [0.717, 1.165) is 55.2 Å². The van der Waals surface area contributed by atoms with E-state index in [4.69, 9.17) is 9.40 Å². The van der Waals surface area contributed by atoms with E-state index in [1.807, 2.05) is 12.3 Å². The van der Waals surface area contributed by atoms with Crippen molar-refractivity contribution >= 4 is 65.7 Å². The predicted molar refractivity (Wildman–Crippen MR) is 186 cm³/mol. The summed E-state index contributed by atoms with van der Waals surface area (Å²) in [6.45, 7) is 0. The summed E-state index contributed by atoms with van der Waals surface area (Å²) in [4.78, 5) is 4.92. The Labute approximate surface area is 258 Å². The van der Waals surface area contributed by atoms with Crippen LogP contribution in [0.15, 0.2) is 156 Å². The summed E-state index contributed by atoms with van der Waals surface area (Å²) in [5.74, 6) is 0. The molecule has 4 aromatic heterocycles. The molecule has 10 aromatic rings. The summed E-state index contributed by atoms with van der Waals surface area (Å²) in [5.41, 5.74) is 10.7. The fourth-order valence-corrected chi connectivity index (χ4v) is 7.19. The molecule has 0 bridgehead atoms. The van der Waals surface area contributed by atoms with Crippen molar-refractivity contribution in [2.24, 2.45) is 0 Å². The number of hydrogen-bond donors (Lipinski definition) is 0. The van der Waals surface area contributed by atoms with Gasteiger partial charge in [-0.2, -0.15) is 0 Å². The van der Waals surface area contributed by atoms with E-state index in [0.29, 0.717) is 0 Å². The predicted octanol–water partition coefficient (Wildman–Crippen LogP) is 10.8. The molecule has 0 radical (unpaired) electrons. The second-order valence-electron chi connectivity index (χ2n) is 11.6. The van der Waals surface area contributed by atoms with Crippen molar-refractivity contribution in [1.29, 1.82) is 0 Å². The van der Waals surface area contributed by atoms with Gasteiger partial charge in [0.25, 0.3) is 0 Å². The SMILES string of the molecule is c1ccc(-c2ccc3oc4c(ccc5c4c4cccnc4n5-c4ccc5c(c4)c4ccccc4n5-c4ccccc4)c3c2)cc1. The molecule has 0 amide bonds. The summed E-state index contributed by atoms with van der Waals surface area (Å²) >= 11 is 0. The molecule has 0 fully saturated rings. The van der Waals surface area contributed by atoms with E-state index in [2.05, 4.69) is 149 Å². The van der Waals surface area contributed by atoms with Crippen LogP contribution in [0.1, 0.15) is 0 Å². The van der Waals surface area contributed by atoms with Crippen LogP contribution in [0.25, 0.3) is 88.2 Å². The third-order valence-corrected chi connectivity index (χ3v) is 9.16. The van der Waals surface area contributed by atoms with Crippen LogP contribution in [-0.2, 0) is 0 Å². The van der Waals surface area contributed by atoms with Crippen molar-refractivity contribution in [3.05, 3.63) is 152 Å². The topological polar surface area (TPSA) is 35.9 Å². The zero-order valence-electron chi connectivity index (χ0n) is 24.2. The average molecular weight is 576 g/mol. The Morgan fingerprint density at radius 3 is 2.09 bits per heavy atom. The van der Waals surface area contributed by atoms with Gasteiger partial charge in [0.15, 0.2) is 0 Å². The van der Waals surface area contributed by atoms with Crippen LogP contribution in [0, 0.1) is 0 Å². The maximum atomic E-state index is 6.65. The molecule has 4 heterocycles. The Kier molecular flexibility index (Phi) is 4.96. The minimum absolute atomic E-state index is 0.886. The third kappa shape index (κ3) is 3.45. The monoisotopic (exact) mass is 575 g/mol. The average Bonchev–Trinajstić information content (AvgIpc) is 3.76. The zero-order chi connectivity index (χ0) is 29.5. The van der Waals surface area contributed by atoms with Gasteiger partial charge in [0.05, 0.1) is 21.9 Å².